The molecule has 1 amide bonds. The normalized spacial score (nSPS) is 10.4. The number of methoxy groups -OCH3 is 1. The van der Waals surface area contributed by atoms with Crippen molar-refractivity contribution in [3.05, 3.63) is 54.1 Å². The second kappa shape index (κ2) is 8.63. The van der Waals surface area contributed by atoms with Gasteiger partial charge in [0.25, 0.3) is 0 Å². The standard InChI is InChI=1S/C21H20N4O2S/c1-25(2)17-7-5-16(6-8-17)23-20(26)13-28-21-15(12-22)10-14-4-9-18(27-3)11-19(14)24-21/h4-11H,13H2,1-3H3,(H,23,26). The number of carbonyl (C=O) groups is 1. The molecule has 0 radical (unpaired) electrons. The van der Waals surface area contributed by atoms with Crippen LogP contribution in [-0.4, -0.2) is 37.8 Å². The van der Waals surface area contributed by atoms with Crippen LogP contribution in [0.2, 0.25) is 0 Å². The summed E-state index contributed by atoms with van der Waals surface area (Å²) < 4.78 is 5.23. The highest BCUT2D eigenvalue weighted by molar-refractivity contribution is 8.00. The van der Waals surface area contributed by atoms with E-state index in [-0.39, 0.29) is 11.7 Å². The maximum absolute atomic E-state index is 12.3. The van der Waals surface area contributed by atoms with Gasteiger partial charge >= 0.3 is 0 Å². The zero-order valence-corrected chi connectivity index (χ0v) is 16.7. The number of benzene rings is 2. The summed E-state index contributed by atoms with van der Waals surface area (Å²) in [7, 11) is 5.52. The van der Waals surface area contributed by atoms with Crippen LogP contribution in [0.3, 0.4) is 0 Å². The Morgan fingerprint density at radius 1 is 1.21 bits per heavy atom. The molecule has 0 spiro atoms. The lowest BCUT2D eigenvalue weighted by Gasteiger charge is -2.13. The number of rotatable bonds is 6. The van der Waals surface area contributed by atoms with E-state index in [2.05, 4.69) is 16.4 Å². The zero-order chi connectivity index (χ0) is 20.1. The lowest BCUT2D eigenvalue weighted by atomic mass is 10.1. The van der Waals surface area contributed by atoms with Crippen molar-refractivity contribution in [1.29, 1.82) is 5.26 Å². The Morgan fingerprint density at radius 3 is 2.61 bits per heavy atom. The van der Waals surface area contributed by atoms with Crippen LogP contribution in [0.4, 0.5) is 11.4 Å². The number of ether oxygens (including phenoxy) is 1. The SMILES string of the molecule is COc1ccc2cc(C#N)c(SCC(=O)Nc3ccc(N(C)C)cc3)nc2c1. The Morgan fingerprint density at radius 2 is 1.96 bits per heavy atom. The van der Waals surface area contributed by atoms with E-state index in [1.54, 1.807) is 13.2 Å². The summed E-state index contributed by atoms with van der Waals surface area (Å²) in [5, 5.41) is 13.7. The number of aromatic nitrogens is 1. The van der Waals surface area contributed by atoms with E-state index in [4.69, 9.17) is 4.74 Å². The molecule has 0 aliphatic carbocycles. The van der Waals surface area contributed by atoms with Gasteiger partial charge in [0.15, 0.2) is 0 Å². The molecule has 0 saturated carbocycles. The van der Waals surface area contributed by atoms with Gasteiger partial charge in [0, 0.05) is 36.9 Å². The number of hydrogen-bond acceptors (Lipinski definition) is 6. The van der Waals surface area contributed by atoms with Crippen molar-refractivity contribution in [1.82, 2.24) is 4.98 Å². The first-order valence-electron chi connectivity index (χ1n) is 8.59. The highest BCUT2D eigenvalue weighted by Gasteiger charge is 2.11. The highest BCUT2D eigenvalue weighted by Crippen LogP contribution is 2.27. The lowest BCUT2D eigenvalue weighted by Crippen LogP contribution is -2.14. The van der Waals surface area contributed by atoms with E-state index in [0.29, 0.717) is 16.3 Å². The van der Waals surface area contributed by atoms with E-state index in [0.717, 1.165) is 22.3 Å². The number of nitrogens with one attached hydrogen (secondary N) is 1. The molecule has 1 heterocycles. The van der Waals surface area contributed by atoms with Crippen molar-refractivity contribution in [3.8, 4) is 11.8 Å². The van der Waals surface area contributed by atoms with Crippen LogP contribution in [0.25, 0.3) is 10.9 Å². The van der Waals surface area contributed by atoms with E-state index < -0.39 is 0 Å². The molecule has 7 heteroatoms. The number of thioether (sulfide) groups is 1. The second-order valence-corrected chi connectivity index (χ2v) is 7.25. The maximum atomic E-state index is 12.3. The fraction of sp³-hybridized carbons (Fsp3) is 0.190. The number of amides is 1. The molecular weight excluding hydrogens is 372 g/mol. The average molecular weight is 392 g/mol. The van der Waals surface area contributed by atoms with Gasteiger partial charge in [0.1, 0.15) is 16.8 Å². The van der Waals surface area contributed by atoms with Crippen molar-refractivity contribution in [2.24, 2.45) is 0 Å². The van der Waals surface area contributed by atoms with E-state index in [9.17, 15) is 10.1 Å². The molecule has 28 heavy (non-hydrogen) atoms. The molecule has 0 bridgehead atoms. The maximum Gasteiger partial charge on any atom is 0.234 e. The van der Waals surface area contributed by atoms with Gasteiger partial charge in [-0.2, -0.15) is 5.26 Å². The van der Waals surface area contributed by atoms with Gasteiger partial charge in [-0.25, -0.2) is 4.98 Å². The molecule has 3 aromatic rings. The van der Waals surface area contributed by atoms with Gasteiger partial charge < -0.3 is 15.0 Å². The molecule has 0 aliphatic heterocycles. The number of carbonyl (C=O) groups excluding carboxylic acids is 1. The Bertz CT molecular complexity index is 1040. The van der Waals surface area contributed by atoms with Gasteiger partial charge in [-0.05, 0) is 42.5 Å². The topological polar surface area (TPSA) is 78.2 Å². The molecule has 1 N–H and O–H groups in total. The Hall–Kier alpha value is -3.24. The number of anilines is 2. The molecule has 6 nitrogen and oxygen atoms in total. The molecule has 3 rings (SSSR count). The molecule has 2 aromatic carbocycles. The molecule has 1 aromatic heterocycles. The van der Waals surface area contributed by atoms with Crippen LogP contribution in [0.5, 0.6) is 5.75 Å². The van der Waals surface area contributed by atoms with Gasteiger partial charge in [0.05, 0.1) is 23.9 Å². The highest BCUT2D eigenvalue weighted by atomic mass is 32.2. The third-order valence-corrected chi connectivity index (χ3v) is 5.11. The summed E-state index contributed by atoms with van der Waals surface area (Å²) in [4.78, 5) is 18.8. The lowest BCUT2D eigenvalue weighted by molar-refractivity contribution is -0.113. The average Bonchev–Trinajstić information content (AvgIpc) is 2.71. The predicted octanol–water partition coefficient (Wildman–Crippen LogP) is 3.91. The largest absolute Gasteiger partial charge is 0.497 e. The van der Waals surface area contributed by atoms with Crippen molar-refractivity contribution >= 4 is 39.9 Å². The smallest absolute Gasteiger partial charge is 0.234 e. The van der Waals surface area contributed by atoms with Crippen LogP contribution in [0.1, 0.15) is 5.56 Å². The van der Waals surface area contributed by atoms with Crippen molar-refractivity contribution in [3.63, 3.8) is 0 Å². The second-order valence-electron chi connectivity index (χ2n) is 6.29. The van der Waals surface area contributed by atoms with E-state index in [1.807, 2.05) is 61.5 Å². The molecule has 142 valence electrons. The number of nitriles is 1. The van der Waals surface area contributed by atoms with Gasteiger partial charge in [-0.3, -0.25) is 4.79 Å². The zero-order valence-electron chi connectivity index (χ0n) is 15.9. The minimum atomic E-state index is -0.154. The quantitative estimate of drug-likeness (QED) is 0.641. The third kappa shape index (κ3) is 4.53. The number of fused-ring (bicyclic) bond motifs is 1. The van der Waals surface area contributed by atoms with Gasteiger partial charge in [-0.1, -0.05) is 11.8 Å². The van der Waals surface area contributed by atoms with Crippen molar-refractivity contribution in [2.45, 2.75) is 5.03 Å². The van der Waals surface area contributed by atoms with E-state index in [1.165, 1.54) is 11.8 Å². The Kier molecular flexibility index (Phi) is 6.02. The number of hydrogen-bond donors (Lipinski definition) is 1. The Balaban J connectivity index is 1.71. The summed E-state index contributed by atoms with van der Waals surface area (Å²) in [6.45, 7) is 0. The minimum absolute atomic E-state index is 0.154. The third-order valence-electron chi connectivity index (χ3n) is 4.12. The molecule has 0 fully saturated rings. The van der Waals surface area contributed by atoms with E-state index >= 15 is 0 Å². The fourth-order valence-corrected chi connectivity index (χ4v) is 3.38. The van der Waals surface area contributed by atoms with Crippen LogP contribution >= 0.6 is 11.8 Å². The number of pyridine rings is 1. The van der Waals surface area contributed by atoms with Crippen LogP contribution in [-0.2, 0) is 4.79 Å². The van der Waals surface area contributed by atoms with Crippen LogP contribution < -0.4 is 15.0 Å². The van der Waals surface area contributed by atoms with Crippen molar-refractivity contribution in [2.75, 3.05) is 37.2 Å². The predicted molar refractivity (Wildman–Crippen MR) is 113 cm³/mol. The fourth-order valence-electron chi connectivity index (χ4n) is 2.62. The summed E-state index contributed by atoms with van der Waals surface area (Å²) in [6, 6.07) is 17.0. The van der Waals surface area contributed by atoms with Gasteiger partial charge in [-0.15, -0.1) is 0 Å². The summed E-state index contributed by atoms with van der Waals surface area (Å²) in [6.07, 6.45) is 0. The molecule has 0 saturated heterocycles. The summed E-state index contributed by atoms with van der Waals surface area (Å²) in [5.41, 5.74) is 2.96. The molecule has 0 unspecified atom stereocenters. The first-order valence-corrected chi connectivity index (χ1v) is 9.57. The van der Waals surface area contributed by atoms with Crippen LogP contribution in [0.15, 0.2) is 53.6 Å². The first kappa shape index (κ1) is 19.5. The first-order chi connectivity index (χ1) is 13.5. The van der Waals surface area contributed by atoms with Crippen LogP contribution in [0, 0.1) is 11.3 Å². The Labute approximate surface area is 168 Å². The summed E-state index contributed by atoms with van der Waals surface area (Å²) >= 11 is 1.24. The molecule has 0 atom stereocenters. The number of nitrogens with zero attached hydrogens (tertiary/aromatic N) is 3. The molecule has 0 aliphatic rings. The monoisotopic (exact) mass is 392 g/mol. The van der Waals surface area contributed by atoms with Crippen molar-refractivity contribution < 1.29 is 9.53 Å². The molecular formula is C21H20N4O2S. The van der Waals surface area contributed by atoms with Gasteiger partial charge in [0.2, 0.25) is 5.91 Å². The summed E-state index contributed by atoms with van der Waals surface area (Å²) in [5.74, 6) is 0.700. The minimum Gasteiger partial charge on any atom is -0.497 e.